The van der Waals surface area contributed by atoms with Crippen LogP contribution in [-0.4, -0.2) is 20.9 Å². The lowest BCUT2D eigenvalue weighted by Crippen LogP contribution is -2.39. The first kappa shape index (κ1) is 13.7. The number of hydrogen-bond acceptors (Lipinski definition) is 3. The van der Waals surface area contributed by atoms with Gasteiger partial charge in [-0.1, -0.05) is 35.0 Å². The lowest BCUT2D eigenvalue weighted by Gasteiger charge is -2.28. The molecular weight excluding hydrogens is 236 g/mol. The van der Waals surface area contributed by atoms with E-state index in [2.05, 4.69) is 72.7 Å². The van der Waals surface area contributed by atoms with Gasteiger partial charge in [0.2, 0.25) is 0 Å². The second kappa shape index (κ2) is 5.53. The van der Waals surface area contributed by atoms with Crippen LogP contribution in [0.1, 0.15) is 43.6 Å². The SMILES string of the molecule is Cc1ccc([C@@H](Cc2c[nH]nn2)NC(C)(C)C)cc1. The second-order valence-corrected chi connectivity index (χ2v) is 6.03. The zero-order valence-corrected chi connectivity index (χ0v) is 12.1. The average molecular weight is 258 g/mol. The maximum atomic E-state index is 4.08. The molecule has 1 aromatic carbocycles. The Morgan fingerprint density at radius 3 is 2.42 bits per heavy atom. The van der Waals surface area contributed by atoms with Crippen LogP contribution >= 0.6 is 0 Å². The molecule has 4 nitrogen and oxygen atoms in total. The topological polar surface area (TPSA) is 53.6 Å². The van der Waals surface area contributed by atoms with Crippen LogP contribution in [0.2, 0.25) is 0 Å². The first-order chi connectivity index (χ1) is 8.94. The summed E-state index contributed by atoms with van der Waals surface area (Å²) in [6.07, 6.45) is 2.68. The van der Waals surface area contributed by atoms with Crippen molar-refractivity contribution in [2.75, 3.05) is 0 Å². The highest BCUT2D eigenvalue weighted by Crippen LogP contribution is 2.21. The molecule has 4 heteroatoms. The molecule has 19 heavy (non-hydrogen) atoms. The Hall–Kier alpha value is -1.68. The zero-order chi connectivity index (χ0) is 13.9. The average Bonchev–Trinajstić information content (AvgIpc) is 2.80. The van der Waals surface area contributed by atoms with Crippen molar-refractivity contribution in [1.29, 1.82) is 0 Å². The van der Waals surface area contributed by atoms with E-state index in [1.165, 1.54) is 11.1 Å². The lowest BCUT2D eigenvalue weighted by molar-refractivity contribution is 0.360. The van der Waals surface area contributed by atoms with Crippen molar-refractivity contribution in [2.24, 2.45) is 0 Å². The van der Waals surface area contributed by atoms with Gasteiger partial charge in [0.1, 0.15) is 0 Å². The number of aromatic nitrogens is 3. The number of nitrogens with one attached hydrogen (secondary N) is 2. The Bertz CT molecular complexity index is 494. The van der Waals surface area contributed by atoms with Crippen molar-refractivity contribution in [3.05, 3.63) is 47.3 Å². The predicted octanol–water partition coefficient (Wildman–Crippen LogP) is 2.79. The Morgan fingerprint density at radius 2 is 1.89 bits per heavy atom. The summed E-state index contributed by atoms with van der Waals surface area (Å²) in [4.78, 5) is 0. The van der Waals surface area contributed by atoms with Crippen molar-refractivity contribution >= 4 is 0 Å². The van der Waals surface area contributed by atoms with Gasteiger partial charge >= 0.3 is 0 Å². The van der Waals surface area contributed by atoms with Gasteiger partial charge in [-0.25, -0.2) is 0 Å². The van der Waals surface area contributed by atoms with E-state index in [0.29, 0.717) is 0 Å². The molecule has 0 aliphatic carbocycles. The third-order valence-corrected chi connectivity index (χ3v) is 2.97. The maximum Gasteiger partial charge on any atom is 0.0843 e. The van der Waals surface area contributed by atoms with Crippen LogP contribution in [0.4, 0.5) is 0 Å². The summed E-state index contributed by atoms with van der Waals surface area (Å²) in [5, 5.41) is 14.3. The molecule has 0 aliphatic rings. The number of hydrogen-bond donors (Lipinski definition) is 2. The molecule has 0 saturated carbocycles. The van der Waals surface area contributed by atoms with E-state index < -0.39 is 0 Å². The van der Waals surface area contributed by atoms with Gasteiger partial charge in [0.05, 0.1) is 5.69 Å². The molecule has 0 amide bonds. The second-order valence-electron chi connectivity index (χ2n) is 6.03. The van der Waals surface area contributed by atoms with Gasteiger partial charge in [0, 0.05) is 24.2 Å². The van der Waals surface area contributed by atoms with Gasteiger partial charge < -0.3 is 5.32 Å². The Kier molecular flexibility index (Phi) is 4.00. The van der Waals surface area contributed by atoms with E-state index in [1.54, 1.807) is 0 Å². The molecule has 2 aromatic rings. The highest BCUT2D eigenvalue weighted by Gasteiger charge is 2.20. The molecule has 0 bridgehead atoms. The quantitative estimate of drug-likeness (QED) is 0.886. The normalized spacial score (nSPS) is 13.5. The summed E-state index contributed by atoms with van der Waals surface area (Å²) in [7, 11) is 0. The van der Waals surface area contributed by atoms with Gasteiger partial charge in [-0.2, -0.15) is 0 Å². The van der Waals surface area contributed by atoms with Crippen LogP contribution in [-0.2, 0) is 6.42 Å². The molecule has 1 heterocycles. The Morgan fingerprint density at radius 1 is 1.21 bits per heavy atom. The van der Waals surface area contributed by atoms with E-state index in [9.17, 15) is 0 Å². The van der Waals surface area contributed by atoms with Crippen molar-refractivity contribution in [3.8, 4) is 0 Å². The van der Waals surface area contributed by atoms with E-state index in [1.807, 2.05) is 6.20 Å². The number of benzene rings is 1. The van der Waals surface area contributed by atoms with Gasteiger partial charge in [-0.15, -0.1) is 5.10 Å². The molecule has 0 radical (unpaired) electrons. The summed E-state index contributed by atoms with van der Waals surface area (Å²) >= 11 is 0. The molecule has 0 aliphatic heterocycles. The fourth-order valence-electron chi connectivity index (χ4n) is 2.11. The number of nitrogens with zero attached hydrogens (tertiary/aromatic N) is 2. The number of aryl methyl sites for hydroxylation is 1. The molecule has 2 N–H and O–H groups in total. The fraction of sp³-hybridized carbons (Fsp3) is 0.467. The lowest BCUT2D eigenvalue weighted by atomic mass is 9.97. The fourth-order valence-corrected chi connectivity index (χ4v) is 2.11. The first-order valence-electron chi connectivity index (χ1n) is 6.64. The minimum absolute atomic E-state index is 0.0548. The summed E-state index contributed by atoms with van der Waals surface area (Å²) in [5.74, 6) is 0. The van der Waals surface area contributed by atoms with E-state index >= 15 is 0 Å². The monoisotopic (exact) mass is 258 g/mol. The highest BCUT2D eigenvalue weighted by atomic mass is 15.3. The van der Waals surface area contributed by atoms with Crippen LogP contribution in [0.15, 0.2) is 30.5 Å². The van der Waals surface area contributed by atoms with E-state index in [4.69, 9.17) is 0 Å². The minimum atomic E-state index is 0.0548. The molecule has 0 saturated heterocycles. The number of rotatable bonds is 4. The zero-order valence-electron chi connectivity index (χ0n) is 12.1. The van der Waals surface area contributed by atoms with Gasteiger partial charge in [0.15, 0.2) is 0 Å². The molecule has 2 rings (SSSR count). The largest absolute Gasteiger partial charge is 0.305 e. The third-order valence-electron chi connectivity index (χ3n) is 2.97. The van der Waals surface area contributed by atoms with Gasteiger partial charge in [-0.3, -0.25) is 5.10 Å². The standard InChI is InChI=1S/C15H22N4/c1-11-5-7-12(8-6-11)14(17-15(2,3)4)9-13-10-16-19-18-13/h5-8,10,14,17H,9H2,1-4H3,(H,16,18,19)/t14-/m1/s1. The molecule has 102 valence electrons. The molecule has 1 atom stereocenters. The van der Waals surface area contributed by atoms with E-state index in [-0.39, 0.29) is 11.6 Å². The van der Waals surface area contributed by atoms with Crippen molar-refractivity contribution in [3.63, 3.8) is 0 Å². The molecule has 0 fully saturated rings. The smallest absolute Gasteiger partial charge is 0.0843 e. The van der Waals surface area contributed by atoms with Gasteiger partial charge in [0.25, 0.3) is 0 Å². The highest BCUT2D eigenvalue weighted by molar-refractivity contribution is 5.25. The third kappa shape index (κ3) is 4.17. The Balaban J connectivity index is 2.20. The maximum absolute atomic E-state index is 4.08. The summed E-state index contributed by atoms with van der Waals surface area (Å²) in [5.41, 5.74) is 3.59. The van der Waals surface area contributed by atoms with Gasteiger partial charge in [-0.05, 0) is 33.3 Å². The molecule has 1 aromatic heterocycles. The van der Waals surface area contributed by atoms with Crippen LogP contribution in [0.5, 0.6) is 0 Å². The minimum Gasteiger partial charge on any atom is -0.305 e. The molecular formula is C15H22N4. The first-order valence-corrected chi connectivity index (χ1v) is 6.64. The number of aromatic amines is 1. The molecule has 0 unspecified atom stereocenters. The summed E-state index contributed by atoms with van der Waals surface area (Å²) in [6.45, 7) is 8.64. The van der Waals surface area contributed by atoms with Crippen LogP contribution in [0.25, 0.3) is 0 Å². The van der Waals surface area contributed by atoms with Crippen molar-refractivity contribution in [1.82, 2.24) is 20.7 Å². The molecule has 0 spiro atoms. The number of H-pyrrole nitrogens is 1. The van der Waals surface area contributed by atoms with Crippen LogP contribution < -0.4 is 5.32 Å². The van der Waals surface area contributed by atoms with Crippen LogP contribution in [0, 0.1) is 6.92 Å². The Labute approximate surface area is 114 Å². The van der Waals surface area contributed by atoms with E-state index in [0.717, 1.165) is 12.1 Å². The van der Waals surface area contributed by atoms with Crippen LogP contribution in [0.3, 0.4) is 0 Å². The predicted molar refractivity (Wildman–Crippen MR) is 76.9 cm³/mol. The van der Waals surface area contributed by atoms with Crippen molar-refractivity contribution < 1.29 is 0 Å². The summed E-state index contributed by atoms with van der Waals surface area (Å²) < 4.78 is 0. The van der Waals surface area contributed by atoms with Crippen molar-refractivity contribution in [2.45, 2.75) is 45.7 Å². The summed E-state index contributed by atoms with van der Waals surface area (Å²) in [6, 6.07) is 8.90.